The van der Waals surface area contributed by atoms with Gasteiger partial charge in [0.15, 0.2) is 5.82 Å². The standard InChI is InChI=1S/C25H35N7O/c1-4-31-25(33)30(3)22-17-26-24(28-23(22)32(31)21-7-5-6-8-21)27-20-11-9-18(10-12-20)19-13-15-29(2)16-14-19/h9-12,17,19,21H,4-8,13-16H2,1-3H3,(H,26,27,28). The zero-order valence-electron chi connectivity index (χ0n) is 20.0. The number of benzene rings is 1. The van der Waals surface area contributed by atoms with Crippen LogP contribution in [0.25, 0.3) is 0 Å². The van der Waals surface area contributed by atoms with Crippen LogP contribution >= 0.6 is 0 Å². The number of rotatable bonds is 5. The molecule has 1 aromatic heterocycles. The van der Waals surface area contributed by atoms with Crippen molar-refractivity contribution in [2.45, 2.75) is 57.4 Å². The molecule has 2 fully saturated rings. The Balaban J connectivity index is 1.38. The molecule has 2 aliphatic heterocycles. The number of hydrogen-bond acceptors (Lipinski definition) is 6. The molecule has 0 atom stereocenters. The van der Waals surface area contributed by atoms with Crippen molar-refractivity contribution in [1.82, 2.24) is 19.9 Å². The third-order valence-electron chi connectivity index (χ3n) is 7.42. The Hall–Kier alpha value is -2.87. The van der Waals surface area contributed by atoms with Gasteiger partial charge in [-0.15, -0.1) is 0 Å². The normalized spacial score (nSPS) is 20.5. The highest BCUT2D eigenvalue weighted by Crippen LogP contribution is 2.39. The van der Waals surface area contributed by atoms with Gasteiger partial charge in [-0.2, -0.15) is 4.98 Å². The molecule has 3 heterocycles. The van der Waals surface area contributed by atoms with E-state index in [1.54, 1.807) is 18.1 Å². The molecule has 1 aromatic carbocycles. The lowest BCUT2D eigenvalue weighted by Gasteiger charge is -2.45. The first-order valence-electron chi connectivity index (χ1n) is 12.3. The summed E-state index contributed by atoms with van der Waals surface area (Å²) in [6.07, 6.45) is 8.75. The maximum absolute atomic E-state index is 13.0. The fourth-order valence-corrected chi connectivity index (χ4v) is 5.43. The van der Waals surface area contributed by atoms with E-state index in [-0.39, 0.29) is 6.03 Å². The number of fused-ring (bicyclic) bond motifs is 1. The largest absolute Gasteiger partial charge is 0.343 e. The summed E-state index contributed by atoms with van der Waals surface area (Å²) in [6.45, 7) is 4.96. The number of hydrogen-bond donors (Lipinski definition) is 1. The molecule has 8 nitrogen and oxygen atoms in total. The predicted octanol–water partition coefficient (Wildman–Crippen LogP) is 4.59. The van der Waals surface area contributed by atoms with E-state index in [0.717, 1.165) is 43.1 Å². The zero-order chi connectivity index (χ0) is 22.9. The molecule has 5 rings (SSSR count). The number of likely N-dealkylation sites (tertiary alicyclic amines) is 1. The van der Waals surface area contributed by atoms with Crippen molar-refractivity contribution in [3.8, 4) is 0 Å². The fourth-order valence-electron chi connectivity index (χ4n) is 5.43. The van der Waals surface area contributed by atoms with Crippen molar-refractivity contribution in [3.63, 3.8) is 0 Å². The number of carbonyl (C=O) groups excluding carboxylic acids is 1. The van der Waals surface area contributed by atoms with E-state index >= 15 is 0 Å². The van der Waals surface area contributed by atoms with Gasteiger partial charge in [0.2, 0.25) is 5.95 Å². The maximum Gasteiger partial charge on any atom is 0.343 e. The topological polar surface area (TPSA) is 67.8 Å². The van der Waals surface area contributed by atoms with Crippen molar-refractivity contribution >= 4 is 29.2 Å². The summed E-state index contributed by atoms with van der Waals surface area (Å²) in [7, 11) is 4.00. The molecule has 1 saturated heterocycles. The van der Waals surface area contributed by atoms with Gasteiger partial charge in [-0.25, -0.2) is 14.8 Å². The van der Waals surface area contributed by atoms with Gasteiger partial charge in [-0.3, -0.25) is 9.91 Å². The van der Waals surface area contributed by atoms with Crippen molar-refractivity contribution < 1.29 is 4.79 Å². The van der Waals surface area contributed by atoms with Crippen LogP contribution in [0.4, 0.5) is 27.9 Å². The smallest absolute Gasteiger partial charge is 0.324 e. The van der Waals surface area contributed by atoms with Crippen molar-refractivity contribution in [1.29, 1.82) is 0 Å². The SMILES string of the molecule is CCN1C(=O)N(C)c2cnc(Nc3ccc(C4CCN(C)CC4)cc3)nc2N1C1CCCC1. The number of anilines is 4. The Morgan fingerprint density at radius 3 is 2.39 bits per heavy atom. The molecule has 0 unspecified atom stereocenters. The molecule has 0 bridgehead atoms. The minimum absolute atomic E-state index is 0.0225. The van der Waals surface area contributed by atoms with E-state index in [9.17, 15) is 4.79 Å². The molecule has 1 saturated carbocycles. The number of amides is 2. The minimum atomic E-state index is -0.0225. The summed E-state index contributed by atoms with van der Waals surface area (Å²) in [5, 5.41) is 7.33. The number of aromatic nitrogens is 2. The quantitative estimate of drug-likeness (QED) is 0.720. The zero-order valence-corrected chi connectivity index (χ0v) is 20.0. The van der Waals surface area contributed by atoms with Crippen LogP contribution in [0.5, 0.6) is 0 Å². The second-order valence-corrected chi connectivity index (χ2v) is 9.57. The van der Waals surface area contributed by atoms with Crippen LogP contribution in [0.15, 0.2) is 30.5 Å². The van der Waals surface area contributed by atoms with E-state index in [4.69, 9.17) is 4.98 Å². The van der Waals surface area contributed by atoms with E-state index < -0.39 is 0 Å². The molecule has 3 aliphatic rings. The molecule has 8 heteroatoms. The Labute approximate surface area is 196 Å². The first-order valence-corrected chi connectivity index (χ1v) is 12.3. The van der Waals surface area contributed by atoms with Gasteiger partial charge in [-0.1, -0.05) is 25.0 Å². The number of hydrazine groups is 1. The summed E-state index contributed by atoms with van der Waals surface area (Å²) in [4.78, 5) is 26.5. The van der Waals surface area contributed by atoms with Crippen LogP contribution in [0.1, 0.15) is 56.9 Å². The molecular formula is C25H35N7O. The average molecular weight is 450 g/mol. The number of piperidine rings is 1. The highest BCUT2D eigenvalue weighted by molar-refractivity contribution is 5.98. The van der Waals surface area contributed by atoms with E-state index in [1.807, 2.05) is 11.9 Å². The molecule has 1 aliphatic carbocycles. The van der Waals surface area contributed by atoms with E-state index in [1.165, 1.54) is 31.2 Å². The lowest BCUT2D eigenvalue weighted by Crippen LogP contribution is -2.59. The molecule has 1 N–H and O–H groups in total. The second-order valence-electron chi connectivity index (χ2n) is 9.57. The number of urea groups is 1. The Morgan fingerprint density at radius 1 is 1.03 bits per heavy atom. The Bertz CT molecular complexity index is 981. The minimum Gasteiger partial charge on any atom is -0.324 e. The molecule has 2 aromatic rings. The number of nitrogens with one attached hydrogen (secondary N) is 1. The molecule has 176 valence electrons. The van der Waals surface area contributed by atoms with Crippen LogP contribution in [0, 0.1) is 0 Å². The lowest BCUT2D eigenvalue weighted by atomic mass is 9.89. The molecule has 0 spiro atoms. The number of carbonyl (C=O) groups is 1. The average Bonchev–Trinajstić information content (AvgIpc) is 3.37. The summed E-state index contributed by atoms with van der Waals surface area (Å²) in [6, 6.07) is 8.99. The van der Waals surface area contributed by atoms with Gasteiger partial charge in [0, 0.05) is 19.3 Å². The van der Waals surface area contributed by atoms with Gasteiger partial charge >= 0.3 is 6.03 Å². The van der Waals surface area contributed by atoms with E-state index in [2.05, 4.69) is 51.5 Å². The van der Waals surface area contributed by atoms with Crippen LogP contribution in [0.2, 0.25) is 0 Å². The van der Waals surface area contributed by atoms with Crippen molar-refractivity contribution in [3.05, 3.63) is 36.0 Å². The fraction of sp³-hybridized carbons (Fsp3) is 0.560. The van der Waals surface area contributed by atoms with Gasteiger partial charge in [0.05, 0.1) is 12.2 Å². The monoisotopic (exact) mass is 449 g/mol. The first kappa shape index (κ1) is 21.9. The van der Waals surface area contributed by atoms with Crippen LogP contribution < -0.4 is 15.2 Å². The van der Waals surface area contributed by atoms with Gasteiger partial charge in [-0.05, 0) is 76.4 Å². The highest BCUT2D eigenvalue weighted by atomic mass is 16.2. The van der Waals surface area contributed by atoms with Crippen molar-refractivity contribution in [2.75, 3.05) is 49.0 Å². The molecular weight excluding hydrogens is 414 g/mol. The highest BCUT2D eigenvalue weighted by Gasteiger charge is 2.39. The second kappa shape index (κ2) is 9.17. The summed E-state index contributed by atoms with van der Waals surface area (Å²) in [5.41, 5.74) is 3.15. The summed E-state index contributed by atoms with van der Waals surface area (Å²) in [5.74, 6) is 2.01. The van der Waals surface area contributed by atoms with Crippen LogP contribution in [-0.4, -0.2) is 65.7 Å². The lowest BCUT2D eigenvalue weighted by molar-refractivity contribution is 0.191. The van der Waals surface area contributed by atoms with Gasteiger partial charge in [0.25, 0.3) is 0 Å². The summed E-state index contributed by atoms with van der Waals surface area (Å²) >= 11 is 0. The Morgan fingerprint density at radius 2 is 1.73 bits per heavy atom. The molecule has 2 amide bonds. The Kier molecular flexibility index (Phi) is 6.10. The summed E-state index contributed by atoms with van der Waals surface area (Å²) < 4.78 is 0. The van der Waals surface area contributed by atoms with Gasteiger partial charge in [0.1, 0.15) is 5.69 Å². The number of nitrogens with zero attached hydrogens (tertiary/aromatic N) is 6. The molecule has 33 heavy (non-hydrogen) atoms. The van der Waals surface area contributed by atoms with E-state index in [0.29, 0.717) is 24.5 Å². The predicted molar refractivity (Wildman–Crippen MR) is 132 cm³/mol. The van der Waals surface area contributed by atoms with Gasteiger partial charge < -0.3 is 10.2 Å². The maximum atomic E-state index is 13.0. The van der Waals surface area contributed by atoms with Crippen molar-refractivity contribution in [2.24, 2.45) is 0 Å². The van der Waals surface area contributed by atoms with Crippen LogP contribution in [0.3, 0.4) is 0 Å². The third kappa shape index (κ3) is 4.24. The van der Waals surface area contributed by atoms with Crippen LogP contribution in [-0.2, 0) is 0 Å². The third-order valence-corrected chi connectivity index (χ3v) is 7.42. The first-order chi connectivity index (χ1) is 16.0. The molecule has 0 radical (unpaired) electrons.